The third-order valence-electron chi connectivity index (χ3n) is 6.71. The molecular weight excluding hydrogens is 487 g/mol. The molecule has 38 heavy (non-hydrogen) atoms. The van der Waals surface area contributed by atoms with Crippen molar-refractivity contribution in [2.45, 2.75) is 26.1 Å². The third kappa shape index (κ3) is 4.61. The van der Waals surface area contributed by atoms with Crippen LogP contribution in [0.1, 0.15) is 35.5 Å². The van der Waals surface area contributed by atoms with Gasteiger partial charge >= 0.3 is 0 Å². The van der Waals surface area contributed by atoms with E-state index in [1.165, 1.54) is 12.1 Å². The summed E-state index contributed by atoms with van der Waals surface area (Å²) in [6.07, 6.45) is 0. The molecule has 192 valence electrons. The fourth-order valence-electron chi connectivity index (χ4n) is 4.80. The molecule has 0 unspecified atom stereocenters. The van der Waals surface area contributed by atoms with E-state index < -0.39 is 6.04 Å². The quantitative estimate of drug-likeness (QED) is 0.335. The highest BCUT2D eigenvalue weighted by Gasteiger charge is 2.30. The molecule has 3 heterocycles. The van der Waals surface area contributed by atoms with Gasteiger partial charge in [-0.15, -0.1) is 5.10 Å². The zero-order chi connectivity index (χ0) is 26.1. The molecule has 5 aromatic rings. The summed E-state index contributed by atoms with van der Waals surface area (Å²) in [5.74, 6) is 1.43. The third-order valence-corrected chi connectivity index (χ3v) is 6.71. The van der Waals surface area contributed by atoms with Gasteiger partial charge in [0.15, 0.2) is 17.3 Å². The fourth-order valence-corrected chi connectivity index (χ4v) is 4.80. The Hall–Kier alpha value is -4.57. The van der Waals surface area contributed by atoms with Crippen LogP contribution in [0.25, 0.3) is 10.9 Å². The van der Waals surface area contributed by atoms with Crippen LogP contribution in [0.3, 0.4) is 0 Å². The summed E-state index contributed by atoms with van der Waals surface area (Å²) >= 11 is 0. The highest BCUT2D eigenvalue weighted by Crippen LogP contribution is 2.36. The topological polar surface area (TPSA) is 98.2 Å². The molecule has 1 aliphatic rings. The fraction of sp³-hybridized carbons (Fsp3) is 0.214. The van der Waals surface area contributed by atoms with Crippen LogP contribution in [0.4, 0.5) is 4.39 Å². The second kappa shape index (κ2) is 10.1. The first kappa shape index (κ1) is 23.8. The Bertz CT molecular complexity index is 1630. The van der Waals surface area contributed by atoms with Crippen molar-refractivity contribution in [1.82, 2.24) is 30.1 Å². The monoisotopic (exact) mass is 512 g/mol. The predicted octanol–water partition coefficient (Wildman–Crippen LogP) is 4.04. The average molecular weight is 513 g/mol. The Balaban J connectivity index is 1.47. The number of hydrogen-bond acceptors (Lipinski definition) is 7. The molecule has 1 aliphatic heterocycles. The van der Waals surface area contributed by atoms with Crippen LogP contribution >= 0.6 is 0 Å². The number of aromatic amines is 1. The Morgan fingerprint density at radius 2 is 1.79 bits per heavy atom. The van der Waals surface area contributed by atoms with Gasteiger partial charge in [-0.05, 0) is 52.4 Å². The number of fused-ring (bicyclic) bond motifs is 2. The number of aromatic nitrogens is 5. The van der Waals surface area contributed by atoms with Crippen molar-refractivity contribution in [2.75, 3.05) is 13.3 Å². The molecular formula is C28H25FN6O3. The molecule has 6 rings (SSSR count). The van der Waals surface area contributed by atoms with Crippen molar-refractivity contribution in [2.24, 2.45) is 0 Å². The van der Waals surface area contributed by atoms with Crippen LogP contribution in [0.5, 0.6) is 11.5 Å². The number of tetrazole rings is 1. The van der Waals surface area contributed by atoms with Crippen molar-refractivity contribution < 1.29 is 13.9 Å². The second-order valence-corrected chi connectivity index (χ2v) is 9.12. The molecule has 0 spiro atoms. The summed E-state index contributed by atoms with van der Waals surface area (Å²) in [6, 6.07) is 21.2. The number of pyridine rings is 1. The largest absolute Gasteiger partial charge is 0.454 e. The number of nitrogens with zero attached hydrogens (tertiary/aromatic N) is 5. The van der Waals surface area contributed by atoms with E-state index in [9.17, 15) is 9.18 Å². The summed E-state index contributed by atoms with van der Waals surface area (Å²) in [7, 11) is 0. The van der Waals surface area contributed by atoms with E-state index in [4.69, 9.17) is 9.47 Å². The van der Waals surface area contributed by atoms with Gasteiger partial charge in [-0.1, -0.05) is 49.4 Å². The summed E-state index contributed by atoms with van der Waals surface area (Å²) in [5.41, 5.74) is 2.84. The van der Waals surface area contributed by atoms with Gasteiger partial charge in [0, 0.05) is 23.6 Å². The Kier molecular flexibility index (Phi) is 6.30. The van der Waals surface area contributed by atoms with Gasteiger partial charge in [-0.3, -0.25) is 9.69 Å². The molecule has 10 heteroatoms. The maximum absolute atomic E-state index is 13.6. The highest BCUT2D eigenvalue weighted by molar-refractivity contribution is 5.83. The number of halogens is 1. The maximum atomic E-state index is 13.6. The lowest BCUT2D eigenvalue weighted by molar-refractivity contribution is 0.174. The van der Waals surface area contributed by atoms with E-state index in [1.807, 2.05) is 49.4 Å². The highest BCUT2D eigenvalue weighted by atomic mass is 19.1. The number of ether oxygens (including phenoxy) is 2. The summed E-state index contributed by atoms with van der Waals surface area (Å²) in [6.45, 7) is 3.71. The minimum atomic E-state index is -0.561. The van der Waals surface area contributed by atoms with E-state index >= 15 is 0 Å². The average Bonchev–Trinajstić information content (AvgIpc) is 3.58. The molecule has 1 atom stereocenters. The minimum Gasteiger partial charge on any atom is -0.454 e. The number of H-pyrrole nitrogens is 1. The molecule has 0 saturated heterocycles. The lowest BCUT2D eigenvalue weighted by atomic mass is 10.0. The van der Waals surface area contributed by atoms with Crippen molar-refractivity contribution in [3.05, 3.63) is 111 Å². The van der Waals surface area contributed by atoms with Gasteiger partial charge in [-0.2, -0.15) is 0 Å². The van der Waals surface area contributed by atoms with Crippen molar-refractivity contribution >= 4 is 10.9 Å². The van der Waals surface area contributed by atoms with Gasteiger partial charge in [0.1, 0.15) is 11.9 Å². The minimum absolute atomic E-state index is 0.143. The van der Waals surface area contributed by atoms with Crippen LogP contribution < -0.4 is 15.0 Å². The van der Waals surface area contributed by atoms with Crippen LogP contribution in [0.15, 0.2) is 77.6 Å². The zero-order valence-corrected chi connectivity index (χ0v) is 20.7. The van der Waals surface area contributed by atoms with E-state index in [2.05, 4.69) is 25.4 Å². The van der Waals surface area contributed by atoms with Crippen molar-refractivity contribution in [3.8, 4) is 11.5 Å². The SMILES string of the molecule is CCN(Cc1ccccc1)[C@H](c1cc2cc3c(cc2[nH]c1=O)OCO3)c1nnnn1Cc1ccc(F)cc1. The molecule has 9 nitrogen and oxygen atoms in total. The number of nitrogens with one attached hydrogen (secondary N) is 1. The van der Waals surface area contributed by atoms with Crippen molar-refractivity contribution in [1.29, 1.82) is 0 Å². The molecule has 0 fully saturated rings. The van der Waals surface area contributed by atoms with Gasteiger partial charge in [0.2, 0.25) is 6.79 Å². The smallest absolute Gasteiger partial charge is 0.253 e. The van der Waals surface area contributed by atoms with Crippen LogP contribution in [-0.4, -0.2) is 43.4 Å². The predicted molar refractivity (Wildman–Crippen MR) is 138 cm³/mol. The summed E-state index contributed by atoms with van der Waals surface area (Å²) in [5, 5.41) is 13.4. The maximum Gasteiger partial charge on any atom is 0.253 e. The lowest BCUT2D eigenvalue weighted by Crippen LogP contribution is -2.35. The molecule has 2 aromatic heterocycles. The van der Waals surface area contributed by atoms with Gasteiger partial charge < -0.3 is 14.5 Å². The molecule has 0 aliphatic carbocycles. The van der Waals surface area contributed by atoms with Crippen LogP contribution in [0.2, 0.25) is 0 Å². The van der Waals surface area contributed by atoms with Crippen LogP contribution in [0, 0.1) is 5.82 Å². The van der Waals surface area contributed by atoms with Crippen molar-refractivity contribution in [3.63, 3.8) is 0 Å². The molecule has 0 bridgehead atoms. The summed E-state index contributed by atoms with van der Waals surface area (Å²) < 4.78 is 26.2. The van der Waals surface area contributed by atoms with E-state index in [1.54, 1.807) is 22.9 Å². The molecule has 0 saturated carbocycles. The summed E-state index contributed by atoms with van der Waals surface area (Å²) in [4.78, 5) is 18.7. The standard InChI is InChI=1S/C28H25FN6O3/c1-2-34(15-18-6-4-3-5-7-18)26(27-31-32-33-35(27)16-19-8-10-21(29)11-9-19)22-12-20-13-24-25(38-17-37-24)14-23(20)30-28(22)36/h3-14,26H,2,15-17H2,1H3,(H,30,36)/t26-/m1/s1. The number of benzene rings is 3. The lowest BCUT2D eigenvalue weighted by Gasteiger charge is -2.30. The second-order valence-electron chi connectivity index (χ2n) is 9.12. The number of hydrogen-bond donors (Lipinski definition) is 1. The van der Waals surface area contributed by atoms with E-state index in [0.717, 1.165) is 16.5 Å². The van der Waals surface area contributed by atoms with Crippen LogP contribution in [-0.2, 0) is 13.1 Å². The zero-order valence-electron chi connectivity index (χ0n) is 20.7. The molecule has 1 N–H and O–H groups in total. The number of rotatable bonds is 8. The first-order chi connectivity index (χ1) is 18.6. The Morgan fingerprint density at radius 3 is 2.55 bits per heavy atom. The Morgan fingerprint density at radius 1 is 1.03 bits per heavy atom. The first-order valence-corrected chi connectivity index (χ1v) is 12.3. The van der Waals surface area contributed by atoms with Gasteiger partial charge in [0.25, 0.3) is 5.56 Å². The van der Waals surface area contributed by atoms with E-state index in [0.29, 0.717) is 48.0 Å². The van der Waals surface area contributed by atoms with Gasteiger partial charge in [0.05, 0.1) is 12.1 Å². The Labute approximate surface area is 217 Å². The van der Waals surface area contributed by atoms with E-state index in [-0.39, 0.29) is 18.2 Å². The first-order valence-electron chi connectivity index (χ1n) is 12.3. The molecule has 0 radical (unpaired) electrons. The molecule has 0 amide bonds. The molecule has 3 aromatic carbocycles. The van der Waals surface area contributed by atoms with Gasteiger partial charge in [-0.25, -0.2) is 9.07 Å². The normalized spacial score (nSPS) is 13.3.